The zero-order valence-corrected chi connectivity index (χ0v) is 14.4. The molecule has 1 heterocycles. The Kier molecular flexibility index (Phi) is 4.90. The molecule has 0 saturated heterocycles. The van der Waals surface area contributed by atoms with Gasteiger partial charge < -0.3 is 10.1 Å². The van der Waals surface area contributed by atoms with Crippen LogP contribution in [0.3, 0.4) is 0 Å². The number of amides is 1. The molecule has 0 bridgehead atoms. The second-order valence-corrected chi connectivity index (χ2v) is 6.27. The molecule has 26 heavy (non-hydrogen) atoms. The molecule has 132 valence electrons. The Balaban J connectivity index is 1.65. The Hall–Kier alpha value is -3.33. The van der Waals surface area contributed by atoms with Crippen LogP contribution in [-0.2, 0) is 9.53 Å². The van der Waals surface area contributed by atoms with Crippen molar-refractivity contribution in [1.29, 1.82) is 0 Å². The largest absolute Gasteiger partial charge is 0.449 e. The summed E-state index contributed by atoms with van der Waals surface area (Å²) in [5, 5.41) is 13.3. The third-order valence-corrected chi connectivity index (χ3v) is 4.34. The Morgan fingerprint density at radius 2 is 2.08 bits per heavy atom. The van der Waals surface area contributed by atoms with Crippen molar-refractivity contribution in [1.82, 2.24) is 4.98 Å². The highest BCUT2D eigenvalue weighted by Crippen LogP contribution is 2.20. The zero-order chi connectivity index (χ0) is 18.7. The summed E-state index contributed by atoms with van der Waals surface area (Å²) < 4.78 is 6.01. The van der Waals surface area contributed by atoms with Crippen molar-refractivity contribution in [3.8, 4) is 0 Å². The average molecular weight is 371 g/mol. The summed E-state index contributed by atoms with van der Waals surface area (Å²) in [5.74, 6) is -1.22. The van der Waals surface area contributed by atoms with Gasteiger partial charge in [0.1, 0.15) is 0 Å². The van der Waals surface area contributed by atoms with Gasteiger partial charge in [-0.3, -0.25) is 14.9 Å². The van der Waals surface area contributed by atoms with Gasteiger partial charge in [0.2, 0.25) is 0 Å². The number of nitro benzene ring substituents is 1. The topological polar surface area (TPSA) is 111 Å². The van der Waals surface area contributed by atoms with Crippen LogP contribution in [0.25, 0.3) is 10.2 Å². The number of nitrogens with zero attached hydrogens (tertiary/aromatic N) is 2. The minimum atomic E-state index is -1.07. The van der Waals surface area contributed by atoms with Crippen LogP contribution in [0.1, 0.15) is 17.3 Å². The Morgan fingerprint density at radius 3 is 2.85 bits per heavy atom. The van der Waals surface area contributed by atoms with E-state index < -0.39 is 22.9 Å². The van der Waals surface area contributed by atoms with E-state index in [-0.39, 0.29) is 11.4 Å². The molecule has 1 atom stereocenters. The Morgan fingerprint density at radius 1 is 1.27 bits per heavy atom. The number of ether oxygens (including phenoxy) is 1. The Bertz CT molecular complexity index is 1000. The van der Waals surface area contributed by atoms with E-state index in [1.807, 2.05) is 0 Å². The second-order valence-electron chi connectivity index (χ2n) is 5.38. The van der Waals surface area contributed by atoms with Crippen LogP contribution < -0.4 is 5.32 Å². The number of carbonyl (C=O) groups is 2. The summed E-state index contributed by atoms with van der Waals surface area (Å²) in [6.45, 7) is 1.43. The van der Waals surface area contributed by atoms with Gasteiger partial charge in [-0.15, -0.1) is 11.3 Å². The predicted octanol–water partition coefficient (Wildman–Crippen LogP) is 3.39. The molecule has 3 aromatic rings. The molecule has 0 saturated carbocycles. The number of carbonyl (C=O) groups excluding carboxylic acids is 2. The lowest BCUT2D eigenvalue weighted by Gasteiger charge is -2.13. The highest BCUT2D eigenvalue weighted by molar-refractivity contribution is 7.16. The first-order valence-corrected chi connectivity index (χ1v) is 8.41. The fourth-order valence-corrected chi connectivity index (χ4v) is 2.92. The minimum Gasteiger partial charge on any atom is -0.449 e. The van der Waals surface area contributed by atoms with Crippen LogP contribution in [0.15, 0.2) is 48.0 Å². The van der Waals surface area contributed by atoms with E-state index >= 15 is 0 Å². The number of benzene rings is 2. The molecule has 3 rings (SSSR count). The molecule has 2 aromatic carbocycles. The summed E-state index contributed by atoms with van der Waals surface area (Å²) in [5.41, 5.74) is 2.87. The maximum Gasteiger partial charge on any atom is 0.338 e. The fraction of sp³-hybridized carbons (Fsp3) is 0.118. The first-order valence-electron chi connectivity index (χ1n) is 7.53. The molecule has 9 heteroatoms. The standard InChI is InChI=1S/C17H13N3O5S/c1-10(16(21)19-12-3-2-4-13(8-12)20(23)24)25-17(22)11-5-6-14-15(7-11)26-9-18-14/h2-10H,1H3,(H,19,21)/t10-/m0/s1. The van der Waals surface area contributed by atoms with Crippen LogP contribution in [0.5, 0.6) is 0 Å². The van der Waals surface area contributed by atoms with Crippen molar-refractivity contribution in [2.45, 2.75) is 13.0 Å². The number of anilines is 1. The van der Waals surface area contributed by atoms with Crippen LogP contribution in [-0.4, -0.2) is 27.9 Å². The van der Waals surface area contributed by atoms with Gasteiger partial charge in [-0.1, -0.05) is 6.07 Å². The average Bonchev–Trinajstić information content (AvgIpc) is 3.09. The first-order chi connectivity index (χ1) is 12.4. The quantitative estimate of drug-likeness (QED) is 0.418. The van der Waals surface area contributed by atoms with Gasteiger partial charge in [0.15, 0.2) is 6.10 Å². The van der Waals surface area contributed by atoms with E-state index in [9.17, 15) is 19.7 Å². The molecule has 0 unspecified atom stereocenters. The number of aromatic nitrogens is 1. The highest BCUT2D eigenvalue weighted by Gasteiger charge is 2.20. The zero-order valence-electron chi connectivity index (χ0n) is 13.5. The number of rotatable bonds is 5. The number of thiazole rings is 1. The SMILES string of the molecule is C[C@H](OC(=O)c1ccc2ncsc2c1)C(=O)Nc1cccc([N+](=O)[O-])c1. The summed E-state index contributed by atoms with van der Waals surface area (Å²) in [6, 6.07) is 10.4. The van der Waals surface area contributed by atoms with Crippen molar-refractivity contribution >= 4 is 44.8 Å². The maximum atomic E-state index is 12.2. The number of hydrogen-bond acceptors (Lipinski definition) is 7. The Labute approximate surface area is 151 Å². The number of esters is 1. The second kappa shape index (κ2) is 7.28. The molecular formula is C17H13N3O5S. The van der Waals surface area contributed by atoms with Crippen LogP contribution in [0.4, 0.5) is 11.4 Å². The normalized spacial score (nSPS) is 11.7. The monoisotopic (exact) mass is 371 g/mol. The molecule has 8 nitrogen and oxygen atoms in total. The molecule has 1 N–H and O–H groups in total. The third kappa shape index (κ3) is 3.83. The van der Waals surface area contributed by atoms with Crippen LogP contribution in [0.2, 0.25) is 0 Å². The summed E-state index contributed by atoms with van der Waals surface area (Å²) >= 11 is 1.40. The van der Waals surface area contributed by atoms with Gasteiger partial charge in [0, 0.05) is 17.8 Å². The molecule has 1 aromatic heterocycles. The minimum absolute atomic E-state index is 0.148. The van der Waals surface area contributed by atoms with E-state index in [2.05, 4.69) is 10.3 Å². The predicted molar refractivity (Wildman–Crippen MR) is 96.2 cm³/mol. The lowest BCUT2D eigenvalue weighted by atomic mass is 10.2. The molecule has 0 aliphatic rings. The van der Waals surface area contributed by atoms with Crippen molar-refractivity contribution in [2.24, 2.45) is 0 Å². The van der Waals surface area contributed by atoms with Crippen LogP contribution >= 0.6 is 11.3 Å². The molecule has 0 fully saturated rings. The van der Waals surface area contributed by atoms with E-state index in [4.69, 9.17) is 4.74 Å². The van der Waals surface area contributed by atoms with Crippen molar-refractivity contribution < 1.29 is 19.2 Å². The molecule has 1 amide bonds. The third-order valence-electron chi connectivity index (χ3n) is 3.54. The number of fused-ring (bicyclic) bond motifs is 1. The first kappa shape index (κ1) is 17.5. The molecular weight excluding hydrogens is 358 g/mol. The lowest BCUT2D eigenvalue weighted by molar-refractivity contribution is -0.384. The van der Waals surface area contributed by atoms with Crippen LogP contribution in [0, 0.1) is 10.1 Å². The lowest BCUT2D eigenvalue weighted by Crippen LogP contribution is -2.30. The van der Waals surface area contributed by atoms with E-state index in [0.717, 1.165) is 10.2 Å². The van der Waals surface area contributed by atoms with Gasteiger partial charge >= 0.3 is 5.97 Å². The van der Waals surface area contributed by atoms with Crippen molar-refractivity contribution in [3.05, 3.63) is 63.7 Å². The summed E-state index contributed by atoms with van der Waals surface area (Å²) in [4.78, 5) is 38.7. The van der Waals surface area contributed by atoms with Gasteiger partial charge in [-0.05, 0) is 31.2 Å². The molecule has 0 aliphatic heterocycles. The van der Waals surface area contributed by atoms with E-state index in [0.29, 0.717) is 5.56 Å². The van der Waals surface area contributed by atoms with Crippen molar-refractivity contribution in [2.75, 3.05) is 5.32 Å². The van der Waals surface area contributed by atoms with Gasteiger partial charge in [0.05, 0.1) is 26.2 Å². The summed E-state index contributed by atoms with van der Waals surface area (Å²) in [7, 11) is 0. The molecule has 0 radical (unpaired) electrons. The van der Waals surface area contributed by atoms with Gasteiger partial charge in [0.25, 0.3) is 11.6 Å². The van der Waals surface area contributed by atoms with Crippen molar-refractivity contribution in [3.63, 3.8) is 0 Å². The highest BCUT2D eigenvalue weighted by atomic mass is 32.1. The maximum absolute atomic E-state index is 12.2. The van der Waals surface area contributed by atoms with E-state index in [1.54, 1.807) is 23.7 Å². The number of hydrogen-bond donors (Lipinski definition) is 1. The van der Waals surface area contributed by atoms with Gasteiger partial charge in [-0.2, -0.15) is 0 Å². The molecule has 0 aliphatic carbocycles. The van der Waals surface area contributed by atoms with Gasteiger partial charge in [-0.25, -0.2) is 9.78 Å². The summed E-state index contributed by atoms with van der Waals surface area (Å²) in [6.07, 6.45) is -1.07. The number of nitro groups is 1. The smallest absolute Gasteiger partial charge is 0.338 e. The number of nitrogens with one attached hydrogen (secondary N) is 1. The number of non-ortho nitro benzene ring substituents is 1. The molecule has 0 spiro atoms. The fourth-order valence-electron chi connectivity index (χ4n) is 2.21. The van der Waals surface area contributed by atoms with E-state index in [1.165, 1.54) is 42.5 Å².